The average molecular weight is 450 g/mol. The lowest BCUT2D eigenvalue weighted by Crippen LogP contribution is -2.01. The highest BCUT2D eigenvalue weighted by Crippen LogP contribution is 2.32. The van der Waals surface area contributed by atoms with Crippen molar-refractivity contribution in [2.24, 2.45) is 0 Å². The van der Waals surface area contributed by atoms with Crippen molar-refractivity contribution in [1.29, 1.82) is 0 Å². The third-order valence-corrected chi connectivity index (χ3v) is 5.06. The topological polar surface area (TPSA) is 27.1 Å². The Morgan fingerprint density at radius 2 is 1.92 bits per heavy atom. The maximum absolute atomic E-state index is 5.94. The van der Waals surface area contributed by atoms with Gasteiger partial charge in [0.2, 0.25) is 0 Å². The molecule has 0 spiro atoms. The van der Waals surface area contributed by atoms with Crippen LogP contribution in [0.25, 0.3) is 0 Å². The van der Waals surface area contributed by atoms with E-state index in [1.54, 1.807) is 0 Å². The van der Waals surface area contributed by atoms with E-state index in [1.165, 1.54) is 5.56 Å². The lowest BCUT2D eigenvalue weighted by atomic mass is 9.98. The Hall–Kier alpha value is -1.59. The number of imidazole rings is 1. The molecule has 3 rings (SSSR count). The molecule has 124 valence electrons. The summed E-state index contributed by atoms with van der Waals surface area (Å²) in [5.74, 6) is 2.13. The van der Waals surface area contributed by atoms with Gasteiger partial charge in [-0.15, -0.1) is 0 Å². The molecule has 0 saturated heterocycles. The number of hydrogen-bond acceptors (Lipinski definition) is 2. The molecule has 0 saturated carbocycles. The fourth-order valence-corrected chi connectivity index (χ4v) is 3.61. The van der Waals surface area contributed by atoms with E-state index in [-0.39, 0.29) is 0 Å². The van der Waals surface area contributed by atoms with Crippen LogP contribution in [0.4, 0.5) is 0 Å². The molecular weight excluding hydrogens is 432 g/mol. The first kappa shape index (κ1) is 17.2. The van der Waals surface area contributed by atoms with Gasteiger partial charge in [0, 0.05) is 23.4 Å². The molecule has 0 aliphatic rings. The summed E-state index contributed by atoms with van der Waals surface area (Å²) >= 11 is 6.96. The molecule has 0 aliphatic heterocycles. The van der Waals surface area contributed by atoms with Gasteiger partial charge in [-0.1, -0.05) is 35.0 Å². The Morgan fingerprint density at radius 1 is 1.12 bits per heavy atom. The van der Waals surface area contributed by atoms with E-state index < -0.39 is 0 Å². The summed E-state index contributed by atoms with van der Waals surface area (Å²) in [4.78, 5) is 4.08. The number of aromatic nitrogens is 2. The lowest BCUT2D eigenvalue weighted by Gasteiger charge is -2.13. The van der Waals surface area contributed by atoms with Crippen LogP contribution in [0.15, 0.2) is 70.1 Å². The number of aryl methyl sites for hydroxylation is 1. The first-order chi connectivity index (χ1) is 11.6. The molecule has 0 bridgehead atoms. The summed E-state index contributed by atoms with van der Waals surface area (Å²) < 4.78 is 9.99. The summed E-state index contributed by atoms with van der Waals surface area (Å²) in [5.41, 5.74) is 1.32. The first-order valence-corrected chi connectivity index (χ1v) is 9.39. The van der Waals surface area contributed by atoms with E-state index in [9.17, 15) is 0 Å². The molecular formula is C19H18Br2N2O. The Kier molecular flexibility index (Phi) is 5.74. The third-order valence-electron chi connectivity index (χ3n) is 3.95. The van der Waals surface area contributed by atoms with Crippen molar-refractivity contribution in [2.75, 3.05) is 0 Å². The van der Waals surface area contributed by atoms with Crippen molar-refractivity contribution in [3.8, 4) is 11.5 Å². The van der Waals surface area contributed by atoms with Gasteiger partial charge in [0.1, 0.15) is 11.5 Å². The summed E-state index contributed by atoms with van der Waals surface area (Å²) in [5, 5.41) is 0. The summed E-state index contributed by atoms with van der Waals surface area (Å²) in [6, 6.07) is 14.2. The molecule has 3 nitrogen and oxygen atoms in total. The zero-order valence-electron chi connectivity index (χ0n) is 13.3. The smallest absolute Gasteiger partial charge is 0.141 e. The molecule has 3 aromatic rings. The van der Waals surface area contributed by atoms with Gasteiger partial charge in [0.15, 0.2) is 0 Å². The lowest BCUT2D eigenvalue weighted by molar-refractivity contribution is 0.479. The molecule has 1 unspecified atom stereocenters. The van der Waals surface area contributed by atoms with Crippen LogP contribution in [0.3, 0.4) is 0 Å². The molecule has 0 N–H and O–H groups in total. The minimum absolute atomic E-state index is 0.487. The van der Waals surface area contributed by atoms with Gasteiger partial charge in [-0.2, -0.15) is 0 Å². The standard InChI is InChI=1S/C19H18Br2N2O/c1-14(8-10-23-11-9-22-13-23)15-2-5-17(6-3-15)24-19-7-4-16(20)12-18(19)21/h2-7,9,11-14H,8,10H2,1H3. The third kappa shape index (κ3) is 4.48. The zero-order chi connectivity index (χ0) is 16.9. The SMILES string of the molecule is CC(CCn1ccnc1)c1ccc(Oc2ccc(Br)cc2Br)cc1. The fourth-order valence-electron chi connectivity index (χ4n) is 2.48. The molecule has 1 atom stereocenters. The van der Waals surface area contributed by atoms with E-state index in [2.05, 4.69) is 60.5 Å². The molecule has 0 aliphatic carbocycles. The van der Waals surface area contributed by atoms with Crippen LogP contribution in [0.1, 0.15) is 24.8 Å². The van der Waals surface area contributed by atoms with Crippen molar-refractivity contribution in [2.45, 2.75) is 25.8 Å². The highest BCUT2D eigenvalue weighted by atomic mass is 79.9. The summed E-state index contributed by atoms with van der Waals surface area (Å²) in [7, 11) is 0. The minimum Gasteiger partial charge on any atom is -0.456 e. The van der Waals surface area contributed by atoms with Gasteiger partial charge in [0.25, 0.3) is 0 Å². The fraction of sp³-hybridized carbons (Fsp3) is 0.211. The Bertz CT molecular complexity index is 786. The predicted octanol–water partition coefficient (Wildman–Crippen LogP) is 6.39. The van der Waals surface area contributed by atoms with Gasteiger partial charge in [-0.3, -0.25) is 0 Å². The van der Waals surface area contributed by atoms with Gasteiger partial charge >= 0.3 is 0 Å². The van der Waals surface area contributed by atoms with Crippen LogP contribution in [-0.4, -0.2) is 9.55 Å². The van der Waals surface area contributed by atoms with Crippen molar-refractivity contribution >= 4 is 31.9 Å². The van der Waals surface area contributed by atoms with Gasteiger partial charge in [-0.25, -0.2) is 4.98 Å². The van der Waals surface area contributed by atoms with Gasteiger partial charge < -0.3 is 9.30 Å². The van der Waals surface area contributed by atoms with E-state index >= 15 is 0 Å². The largest absolute Gasteiger partial charge is 0.456 e. The van der Waals surface area contributed by atoms with E-state index in [4.69, 9.17) is 4.74 Å². The molecule has 0 amide bonds. The van der Waals surface area contributed by atoms with Crippen molar-refractivity contribution in [3.63, 3.8) is 0 Å². The Balaban J connectivity index is 1.62. The number of hydrogen-bond donors (Lipinski definition) is 0. The van der Waals surface area contributed by atoms with Crippen molar-refractivity contribution < 1.29 is 4.74 Å². The van der Waals surface area contributed by atoms with E-state index in [0.717, 1.165) is 33.4 Å². The Labute approximate surface area is 158 Å². The molecule has 2 aromatic carbocycles. The highest BCUT2D eigenvalue weighted by Gasteiger charge is 2.08. The van der Waals surface area contributed by atoms with Gasteiger partial charge in [0.05, 0.1) is 10.8 Å². The van der Waals surface area contributed by atoms with Crippen LogP contribution in [0.2, 0.25) is 0 Å². The summed E-state index contributed by atoms with van der Waals surface area (Å²) in [6.45, 7) is 3.23. The van der Waals surface area contributed by atoms with Crippen molar-refractivity contribution in [3.05, 3.63) is 75.7 Å². The van der Waals surface area contributed by atoms with Crippen molar-refractivity contribution in [1.82, 2.24) is 9.55 Å². The number of rotatable bonds is 6. The molecule has 0 fully saturated rings. The van der Waals surface area contributed by atoms with Crippen LogP contribution in [0.5, 0.6) is 11.5 Å². The number of benzene rings is 2. The monoisotopic (exact) mass is 448 g/mol. The minimum atomic E-state index is 0.487. The molecule has 1 heterocycles. The maximum Gasteiger partial charge on any atom is 0.141 e. The van der Waals surface area contributed by atoms with E-state index in [1.807, 2.05) is 49.1 Å². The second-order valence-electron chi connectivity index (χ2n) is 5.74. The predicted molar refractivity (Wildman–Crippen MR) is 104 cm³/mol. The molecule has 24 heavy (non-hydrogen) atoms. The maximum atomic E-state index is 5.94. The quantitative estimate of drug-likeness (QED) is 0.435. The second kappa shape index (κ2) is 7.99. The van der Waals surface area contributed by atoms with Crippen LogP contribution >= 0.6 is 31.9 Å². The van der Waals surface area contributed by atoms with Crippen LogP contribution in [0, 0.1) is 0 Å². The van der Waals surface area contributed by atoms with E-state index in [0.29, 0.717) is 5.92 Å². The number of nitrogens with zero attached hydrogens (tertiary/aromatic N) is 2. The molecule has 1 aromatic heterocycles. The summed E-state index contributed by atoms with van der Waals surface area (Å²) in [6.07, 6.45) is 6.76. The molecule has 5 heteroatoms. The van der Waals surface area contributed by atoms with Crippen LogP contribution in [-0.2, 0) is 6.54 Å². The molecule has 0 radical (unpaired) electrons. The zero-order valence-corrected chi connectivity index (χ0v) is 16.5. The first-order valence-electron chi connectivity index (χ1n) is 7.80. The Morgan fingerprint density at radius 3 is 2.58 bits per heavy atom. The van der Waals surface area contributed by atoms with Gasteiger partial charge in [-0.05, 0) is 64.2 Å². The number of ether oxygens (including phenoxy) is 1. The number of halogens is 2. The highest BCUT2D eigenvalue weighted by molar-refractivity contribution is 9.11. The average Bonchev–Trinajstić information content (AvgIpc) is 3.09. The van der Waals surface area contributed by atoms with Crippen LogP contribution < -0.4 is 4.74 Å². The second-order valence-corrected chi connectivity index (χ2v) is 7.51. The normalized spacial score (nSPS) is 12.1.